The number of hydrogen-bond donors (Lipinski definition) is 1. The highest BCUT2D eigenvalue weighted by atomic mass is 16.4. The van der Waals surface area contributed by atoms with Crippen LogP contribution in [0, 0.1) is 11.3 Å². The van der Waals surface area contributed by atoms with E-state index in [1.165, 1.54) is 12.8 Å². The highest BCUT2D eigenvalue weighted by Crippen LogP contribution is 2.40. The predicted octanol–water partition coefficient (Wildman–Crippen LogP) is 4.29. The number of rotatable bonds is 4. The van der Waals surface area contributed by atoms with Crippen molar-refractivity contribution >= 4 is 5.91 Å². The minimum atomic E-state index is -0.204. The maximum absolute atomic E-state index is 12.7. The van der Waals surface area contributed by atoms with Gasteiger partial charge in [0, 0.05) is 35.4 Å². The largest absolute Gasteiger partial charge is 0.441 e. The number of fused-ring (bicyclic) bond motifs is 1. The summed E-state index contributed by atoms with van der Waals surface area (Å²) in [7, 11) is 0. The van der Waals surface area contributed by atoms with Crippen LogP contribution in [0.25, 0.3) is 11.5 Å². The van der Waals surface area contributed by atoms with Crippen molar-refractivity contribution in [1.82, 2.24) is 15.3 Å². The highest BCUT2D eigenvalue weighted by Gasteiger charge is 2.29. The van der Waals surface area contributed by atoms with Gasteiger partial charge in [-0.3, -0.25) is 9.78 Å². The Morgan fingerprint density at radius 1 is 1.21 bits per heavy atom. The van der Waals surface area contributed by atoms with Crippen molar-refractivity contribution in [3.8, 4) is 17.5 Å². The van der Waals surface area contributed by atoms with Crippen LogP contribution < -0.4 is 5.32 Å². The van der Waals surface area contributed by atoms with E-state index in [-0.39, 0.29) is 11.9 Å². The van der Waals surface area contributed by atoms with Gasteiger partial charge in [0.15, 0.2) is 0 Å². The quantitative estimate of drug-likeness (QED) is 0.724. The van der Waals surface area contributed by atoms with E-state index in [0.29, 0.717) is 22.9 Å². The lowest BCUT2D eigenvalue weighted by molar-refractivity contribution is 0.0931. The van der Waals surface area contributed by atoms with E-state index in [2.05, 4.69) is 22.4 Å². The topological polar surface area (TPSA) is 91.8 Å². The van der Waals surface area contributed by atoms with E-state index in [0.717, 1.165) is 42.0 Å². The van der Waals surface area contributed by atoms with Gasteiger partial charge in [0.1, 0.15) is 11.5 Å². The van der Waals surface area contributed by atoms with E-state index in [4.69, 9.17) is 14.7 Å². The molecular formula is C23H20N4O2. The Kier molecular flexibility index (Phi) is 4.36. The summed E-state index contributed by atoms with van der Waals surface area (Å²) in [5.74, 6) is 1.79. The number of amides is 1. The lowest BCUT2D eigenvalue weighted by Crippen LogP contribution is -2.31. The van der Waals surface area contributed by atoms with Crippen LogP contribution in [0.2, 0.25) is 0 Å². The molecule has 1 fully saturated rings. The molecule has 1 atom stereocenters. The van der Waals surface area contributed by atoms with Crippen molar-refractivity contribution in [1.29, 1.82) is 5.26 Å². The molecule has 1 aromatic carbocycles. The third-order valence-electron chi connectivity index (χ3n) is 5.54. The molecular weight excluding hydrogens is 364 g/mol. The van der Waals surface area contributed by atoms with Gasteiger partial charge in [-0.2, -0.15) is 5.26 Å². The van der Waals surface area contributed by atoms with Crippen molar-refractivity contribution in [2.24, 2.45) is 0 Å². The lowest BCUT2D eigenvalue weighted by atomic mass is 9.96. The summed E-state index contributed by atoms with van der Waals surface area (Å²) in [4.78, 5) is 21.9. The van der Waals surface area contributed by atoms with Gasteiger partial charge < -0.3 is 9.73 Å². The smallest absolute Gasteiger partial charge is 0.251 e. The molecule has 1 N–H and O–H groups in total. The van der Waals surface area contributed by atoms with Crippen LogP contribution >= 0.6 is 0 Å². The van der Waals surface area contributed by atoms with Crippen LogP contribution in [-0.2, 0) is 6.42 Å². The fourth-order valence-electron chi connectivity index (χ4n) is 3.84. The van der Waals surface area contributed by atoms with Crippen molar-refractivity contribution in [2.45, 2.75) is 44.1 Å². The van der Waals surface area contributed by atoms with E-state index in [1.54, 1.807) is 24.3 Å². The van der Waals surface area contributed by atoms with Crippen molar-refractivity contribution in [3.05, 3.63) is 70.9 Å². The second-order valence-corrected chi connectivity index (χ2v) is 7.68. The number of oxazole rings is 1. The van der Waals surface area contributed by atoms with Crippen LogP contribution in [0.4, 0.5) is 0 Å². The van der Waals surface area contributed by atoms with E-state index in [9.17, 15) is 4.79 Å². The summed E-state index contributed by atoms with van der Waals surface area (Å²) >= 11 is 0. The second-order valence-electron chi connectivity index (χ2n) is 7.68. The molecule has 144 valence electrons. The number of nitrogens with zero attached hydrogens (tertiary/aromatic N) is 3. The Labute approximate surface area is 168 Å². The van der Waals surface area contributed by atoms with E-state index < -0.39 is 0 Å². The number of nitriles is 1. The number of benzene rings is 1. The molecule has 6 heteroatoms. The number of hydrogen-bond acceptors (Lipinski definition) is 5. The summed E-state index contributed by atoms with van der Waals surface area (Å²) in [6.07, 6.45) is 6.76. The standard InChI is InChI=1S/C23H20N4O2/c24-13-14-3-1-4-16(11-14)22(28)26-18-5-2-6-20-21(18)27-23(29-20)17-9-10-25-19(12-17)15-7-8-15/h1,3-4,9-12,15,18H,2,5-8H2,(H,26,28). The second kappa shape index (κ2) is 7.17. The van der Waals surface area contributed by atoms with Crippen molar-refractivity contribution < 1.29 is 9.21 Å². The molecule has 1 amide bonds. The van der Waals surface area contributed by atoms with Gasteiger partial charge in [-0.1, -0.05) is 6.07 Å². The van der Waals surface area contributed by atoms with Crippen LogP contribution in [-0.4, -0.2) is 15.9 Å². The Balaban J connectivity index is 1.40. The summed E-state index contributed by atoms with van der Waals surface area (Å²) in [5, 5.41) is 12.1. The maximum atomic E-state index is 12.7. The Hall–Kier alpha value is -3.46. The number of nitrogens with one attached hydrogen (secondary N) is 1. The number of aromatic nitrogens is 2. The molecule has 0 aliphatic heterocycles. The summed E-state index contributed by atoms with van der Waals surface area (Å²) in [5.41, 5.74) is 3.78. The molecule has 6 nitrogen and oxygen atoms in total. The first-order valence-electron chi connectivity index (χ1n) is 9.98. The molecule has 5 rings (SSSR count). The lowest BCUT2D eigenvalue weighted by Gasteiger charge is -2.21. The first kappa shape index (κ1) is 17.6. The molecule has 1 unspecified atom stereocenters. The van der Waals surface area contributed by atoms with Crippen LogP contribution in [0.15, 0.2) is 47.0 Å². The maximum Gasteiger partial charge on any atom is 0.251 e. The Morgan fingerprint density at radius 3 is 2.93 bits per heavy atom. The molecule has 0 bridgehead atoms. The highest BCUT2D eigenvalue weighted by molar-refractivity contribution is 5.94. The minimum Gasteiger partial charge on any atom is -0.441 e. The number of pyridine rings is 1. The zero-order valence-corrected chi connectivity index (χ0v) is 15.9. The molecule has 2 heterocycles. The van der Waals surface area contributed by atoms with Crippen LogP contribution in [0.1, 0.15) is 70.7 Å². The zero-order valence-electron chi connectivity index (χ0n) is 15.9. The average Bonchev–Trinajstić information content (AvgIpc) is 3.52. The van der Waals surface area contributed by atoms with Crippen molar-refractivity contribution in [2.75, 3.05) is 0 Å². The molecule has 29 heavy (non-hydrogen) atoms. The molecule has 0 saturated heterocycles. The molecule has 2 aliphatic carbocycles. The van der Waals surface area contributed by atoms with Crippen LogP contribution in [0.3, 0.4) is 0 Å². The molecule has 1 saturated carbocycles. The fraction of sp³-hybridized carbons (Fsp3) is 0.304. The molecule has 2 aromatic heterocycles. The predicted molar refractivity (Wildman–Crippen MR) is 106 cm³/mol. The van der Waals surface area contributed by atoms with Gasteiger partial charge in [-0.25, -0.2) is 4.98 Å². The molecule has 0 radical (unpaired) electrons. The SMILES string of the molecule is N#Cc1cccc(C(=O)NC2CCCc3oc(-c4ccnc(C5CC5)c4)nc32)c1. The first-order chi connectivity index (χ1) is 14.2. The number of carbonyl (C=O) groups is 1. The van der Waals surface area contributed by atoms with Gasteiger partial charge in [0.05, 0.1) is 17.7 Å². The Bertz CT molecular complexity index is 1120. The van der Waals surface area contributed by atoms with Crippen LogP contribution in [0.5, 0.6) is 0 Å². The Morgan fingerprint density at radius 2 is 2.10 bits per heavy atom. The summed E-state index contributed by atoms with van der Waals surface area (Å²) in [6.45, 7) is 0. The third kappa shape index (κ3) is 3.52. The van der Waals surface area contributed by atoms with Gasteiger partial charge in [-0.05, 0) is 56.0 Å². The monoisotopic (exact) mass is 384 g/mol. The molecule has 0 spiro atoms. The molecule has 3 aromatic rings. The van der Waals surface area contributed by atoms with Gasteiger partial charge in [-0.15, -0.1) is 0 Å². The number of carbonyl (C=O) groups excluding carboxylic acids is 1. The summed E-state index contributed by atoms with van der Waals surface area (Å²) < 4.78 is 6.07. The number of aryl methyl sites for hydroxylation is 1. The average molecular weight is 384 g/mol. The van der Waals surface area contributed by atoms with E-state index in [1.807, 2.05) is 12.3 Å². The molecule has 2 aliphatic rings. The minimum absolute atomic E-state index is 0.195. The fourth-order valence-corrected chi connectivity index (χ4v) is 3.84. The van der Waals surface area contributed by atoms with Gasteiger partial charge >= 0.3 is 0 Å². The normalized spacial score (nSPS) is 18.0. The first-order valence-corrected chi connectivity index (χ1v) is 9.98. The third-order valence-corrected chi connectivity index (χ3v) is 5.54. The zero-order chi connectivity index (χ0) is 19.8. The van der Waals surface area contributed by atoms with Gasteiger partial charge in [0.2, 0.25) is 5.89 Å². The summed E-state index contributed by atoms with van der Waals surface area (Å²) in [6, 6.07) is 12.6. The van der Waals surface area contributed by atoms with Crippen molar-refractivity contribution in [3.63, 3.8) is 0 Å². The van der Waals surface area contributed by atoms with E-state index >= 15 is 0 Å². The van der Waals surface area contributed by atoms with Gasteiger partial charge in [0.25, 0.3) is 5.91 Å².